The molecule has 1 heterocycles. The van der Waals surface area contributed by atoms with Crippen LogP contribution in [0.4, 0.5) is 0 Å². The van der Waals surface area contributed by atoms with Crippen LogP contribution < -0.4 is 0 Å². The lowest BCUT2D eigenvalue weighted by Gasteiger charge is -2.18. The molecular formula is C8H12N2O3. The van der Waals surface area contributed by atoms with E-state index in [0.29, 0.717) is 5.56 Å². The maximum absolute atomic E-state index is 10.4. The highest BCUT2D eigenvalue weighted by Crippen LogP contribution is 2.23. The van der Waals surface area contributed by atoms with Crippen LogP contribution in [0.1, 0.15) is 18.9 Å². The number of aryl methyl sites for hydroxylation is 1. The molecule has 1 atom stereocenters. The Kier molecular flexibility index (Phi) is 2.38. The van der Waals surface area contributed by atoms with Gasteiger partial charge in [0.05, 0.1) is 12.6 Å². The fraction of sp³-hybridized carbons (Fsp3) is 0.500. The van der Waals surface area contributed by atoms with Crippen LogP contribution in [0.5, 0.6) is 0 Å². The van der Waals surface area contributed by atoms with Crippen molar-refractivity contribution < 1.29 is 15.0 Å². The van der Waals surface area contributed by atoms with Crippen molar-refractivity contribution in [2.24, 2.45) is 7.05 Å². The van der Waals surface area contributed by atoms with Gasteiger partial charge in [0.2, 0.25) is 0 Å². The third-order valence-corrected chi connectivity index (χ3v) is 1.82. The summed E-state index contributed by atoms with van der Waals surface area (Å²) in [5, 5.41) is 22.1. The van der Waals surface area contributed by atoms with Gasteiger partial charge in [0.1, 0.15) is 5.60 Å². The molecule has 72 valence electrons. The number of carbonyl (C=O) groups is 1. The smallest absolute Gasteiger partial charge is 0.306 e. The van der Waals surface area contributed by atoms with Gasteiger partial charge in [-0.15, -0.1) is 0 Å². The second kappa shape index (κ2) is 3.18. The summed E-state index contributed by atoms with van der Waals surface area (Å²) < 4.78 is 1.52. The number of hydrogen-bond acceptors (Lipinski definition) is 3. The van der Waals surface area contributed by atoms with Crippen molar-refractivity contribution >= 4 is 5.97 Å². The van der Waals surface area contributed by atoms with Crippen LogP contribution in [0.3, 0.4) is 0 Å². The minimum absolute atomic E-state index is 0.321. The average molecular weight is 184 g/mol. The summed E-state index contributed by atoms with van der Waals surface area (Å²) in [5.41, 5.74) is -0.836. The molecule has 1 aromatic rings. The van der Waals surface area contributed by atoms with Gasteiger partial charge >= 0.3 is 5.97 Å². The van der Waals surface area contributed by atoms with Gasteiger partial charge in [-0.3, -0.25) is 9.48 Å². The standard InChI is InChI=1S/C8H12N2O3/c1-8(13,3-7(11)12)6-4-9-10(2)5-6/h4-5,13H,3H2,1-2H3,(H,11,12). The highest BCUT2D eigenvalue weighted by atomic mass is 16.4. The van der Waals surface area contributed by atoms with Crippen LogP contribution in [0, 0.1) is 0 Å². The Labute approximate surface area is 75.6 Å². The molecular weight excluding hydrogens is 172 g/mol. The summed E-state index contributed by atoms with van der Waals surface area (Å²) >= 11 is 0. The molecule has 2 N–H and O–H groups in total. The van der Waals surface area contributed by atoms with E-state index in [1.54, 1.807) is 13.2 Å². The lowest BCUT2D eigenvalue weighted by atomic mass is 9.96. The van der Waals surface area contributed by atoms with Crippen molar-refractivity contribution in [3.05, 3.63) is 18.0 Å². The predicted octanol–water partition coefficient (Wildman–Crippen LogP) is 0.102. The van der Waals surface area contributed by atoms with Crippen LogP contribution in [0.2, 0.25) is 0 Å². The zero-order valence-electron chi connectivity index (χ0n) is 7.56. The first kappa shape index (κ1) is 9.73. The normalized spacial score (nSPS) is 15.3. The number of aromatic nitrogens is 2. The van der Waals surface area contributed by atoms with Gasteiger partial charge in [-0.05, 0) is 6.92 Å². The summed E-state index contributed by atoms with van der Waals surface area (Å²) in [5.74, 6) is -1.03. The molecule has 0 fully saturated rings. The molecule has 0 bridgehead atoms. The van der Waals surface area contributed by atoms with Gasteiger partial charge in [0.25, 0.3) is 0 Å². The Morgan fingerprint density at radius 3 is 2.77 bits per heavy atom. The number of hydrogen-bond donors (Lipinski definition) is 2. The van der Waals surface area contributed by atoms with Gasteiger partial charge < -0.3 is 10.2 Å². The average Bonchev–Trinajstić information content (AvgIpc) is 2.32. The largest absolute Gasteiger partial charge is 0.481 e. The van der Waals surface area contributed by atoms with E-state index in [1.165, 1.54) is 17.8 Å². The molecule has 5 heteroatoms. The van der Waals surface area contributed by atoms with E-state index in [2.05, 4.69) is 5.10 Å². The first-order valence-electron chi connectivity index (χ1n) is 3.85. The summed E-state index contributed by atoms with van der Waals surface area (Å²) in [6.07, 6.45) is 2.74. The maximum atomic E-state index is 10.4. The molecule has 0 spiro atoms. The molecule has 0 amide bonds. The molecule has 13 heavy (non-hydrogen) atoms. The molecule has 0 aromatic carbocycles. The van der Waals surface area contributed by atoms with E-state index < -0.39 is 11.6 Å². The van der Waals surface area contributed by atoms with Gasteiger partial charge in [-0.25, -0.2) is 0 Å². The van der Waals surface area contributed by atoms with Crippen molar-refractivity contribution in [2.45, 2.75) is 18.9 Å². The number of carboxylic acid groups (broad SMARTS) is 1. The summed E-state index contributed by atoms with van der Waals surface area (Å²) in [6.45, 7) is 1.46. The molecule has 0 aliphatic rings. The van der Waals surface area contributed by atoms with Gasteiger partial charge in [0.15, 0.2) is 0 Å². The number of carboxylic acids is 1. The van der Waals surface area contributed by atoms with Crippen molar-refractivity contribution in [3.63, 3.8) is 0 Å². The SMILES string of the molecule is Cn1cc(C(C)(O)CC(=O)O)cn1. The van der Waals surface area contributed by atoms with Crippen LogP contribution in [-0.4, -0.2) is 26.0 Å². The number of nitrogens with zero attached hydrogens (tertiary/aromatic N) is 2. The first-order valence-corrected chi connectivity index (χ1v) is 3.85. The molecule has 1 unspecified atom stereocenters. The Morgan fingerprint density at radius 2 is 2.38 bits per heavy atom. The second-order valence-electron chi connectivity index (χ2n) is 3.25. The van der Waals surface area contributed by atoms with Crippen molar-refractivity contribution in [3.8, 4) is 0 Å². The molecule has 0 aliphatic carbocycles. The molecule has 0 aliphatic heterocycles. The topological polar surface area (TPSA) is 75.4 Å². The van der Waals surface area contributed by atoms with E-state index in [-0.39, 0.29) is 6.42 Å². The minimum atomic E-state index is -1.35. The lowest BCUT2D eigenvalue weighted by molar-refractivity contribution is -0.142. The van der Waals surface area contributed by atoms with E-state index >= 15 is 0 Å². The van der Waals surface area contributed by atoms with Crippen LogP contribution in [0.15, 0.2) is 12.4 Å². The van der Waals surface area contributed by atoms with Gasteiger partial charge in [-0.1, -0.05) is 0 Å². The van der Waals surface area contributed by atoms with Crippen molar-refractivity contribution in [1.29, 1.82) is 0 Å². The summed E-state index contributed by atoms with van der Waals surface area (Å²) in [4.78, 5) is 10.4. The zero-order chi connectivity index (χ0) is 10.1. The van der Waals surface area contributed by atoms with Crippen molar-refractivity contribution in [2.75, 3.05) is 0 Å². The number of rotatable bonds is 3. The molecule has 1 aromatic heterocycles. The summed E-state index contributed by atoms with van der Waals surface area (Å²) in [6, 6.07) is 0. The van der Waals surface area contributed by atoms with Crippen LogP contribution >= 0.6 is 0 Å². The number of aliphatic hydroxyl groups is 1. The van der Waals surface area contributed by atoms with Crippen molar-refractivity contribution in [1.82, 2.24) is 9.78 Å². The molecule has 0 saturated heterocycles. The summed E-state index contributed by atoms with van der Waals surface area (Å²) in [7, 11) is 1.71. The third-order valence-electron chi connectivity index (χ3n) is 1.82. The number of aliphatic carboxylic acids is 1. The van der Waals surface area contributed by atoms with Crippen LogP contribution in [0.25, 0.3) is 0 Å². The highest BCUT2D eigenvalue weighted by Gasteiger charge is 2.27. The van der Waals surface area contributed by atoms with E-state index in [4.69, 9.17) is 5.11 Å². The second-order valence-corrected chi connectivity index (χ2v) is 3.25. The molecule has 0 saturated carbocycles. The minimum Gasteiger partial charge on any atom is -0.481 e. The van der Waals surface area contributed by atoms with Gasteiger partial charge in [0, 0.05) is 18.8 Å². The maximum Gasteiger partial charge on any atom is 0.306 e. The zero-order valence-corrected chi connectivity index (χ0v) is 7.56. The van der Waals surface area contributed by atoms with E-state index in [0.717, 1.165) is 0 Å². The Morgan fingerprint density at radius 1 is 1.77 bits per heavy atom. The molecule has 0 radical (unpaired) electrons. The Hall–Kier alpha value is -1.36. The third kappa shape index (κ3) is 2.29. The fourth-order valence-electron chi connectivity index (χ4n) is 1.10. The van der Waals surface area contributed by atoms with Gasteiger partial charge in [-0.2, -0.15) is 5.10 Å². The monoisotopic (exact) mass is 184 g/mol. The molecule has 5 nitrogen and oxygen atoms in total. The first-order chi connectivity index (χ1) is 5.92. The van der Waals surface area contributed by atoms with E-state index in [1.807, 2.05) is 0 Å². The van der Waals surface area contributed by atoms with Crippen LogP contribution in [-0.2, 0) is 17.4 Å². The highest BCUT2D eigenvalue weighted by molar-refractivity contribution is 5.68. The quantitative estimate of drug-likeness (QED) is 0.698. The fourth-order valence-corrected chi connectivity index (χ4v) is 1.10. The van der Waals surface area contributed by atoms with E-state index in [9.17, 15) is 9.90 Å². The predicted molar refractivity (Wildman–Crippen MR) is 45.0 cm³/mol. The Balaban J connectivity index is 2.86. The Bertz CT molecular complexity index is 317. The molecule has 1 rings (SSSR count). The lowest BCUT2D eigenvalue weighted by Crippen LogP contribution is -2.24.